The molecule has 0 saturated heterocycles. The van der Waals surface area contributed by atoms with Gasteiger partial charge in [0.1, 0.15) is 10.8 Å². The summed E-state index contributed by atoms with van der Waals surface area (Å²) in [7, 11) is 0. The van der Waals surface area contributed by atoms with E-state index in [2.05, 4.69) is 34.5 Å². The van der Waals surface area contributed by atoms with Gasteiger partial charge in [-0.3, -0.25) is 0 Å². The monoisotopic (exact) mass is 384 g/mol. The van der Waals surface area contributed by atoms with Crippen LogP contribution in [0.2, 0.25) is 5.02 Å². The number of aryl methyl sites for hydroxylation is 2. The summed E-state index contributed by atoms with van der Waals surface area (Å²) in [4.78, 5) is 6.00. The van der Waals surface area contributed by atoms with Crippen molar-refractivity contribution >= 4 is 34.4 Å². The molecular formula is C18H17ClN6S. The third kappa shape index (κ3) is 3.15. The molecule has 0 aliphatic carbocycles. The lowest BCUT2D eigenvalue weighted by Gasteiger charge is -2.11. The van der Waals surface area contributed by atoms with E-state index in [9.17, 15) is 0 Å². The van der Waals surface area contributed by atoms with Crippen LogP contribution in [-0.4, -0.2) is 24.8 Å². The van der Waals surface area contributed by atoms with E-state index in [0.717, 1.165) is 38.6 Å². The Kier molecular flexibility index (Phi) is 4.34. The van der Waals surface area contributed by atoms with Crippen molar-refractivity contribution in [2.75, 3.05) is 5.32 Å². The first-order chi connectivity index (χ1) is 12.5. The summed E-state index contributed by atoms with van der Waals surface area (Å²) in [5, 5.41) is 17.8. The van der Waals surface area contributed by atoms with Gasteiger partial charge in [-0.1, -0.05) is 23.7 Å². The van der Waals surface area contributed by atoms with Gasteiger partial charge in [0, 0.05) is 15.5 Å². The van der Waals surface area contributed by atoms with Crippen molar-refractivity contribution in [2.45, 2.75) is 26.8 Å². The summed E-state index contributed by atoms with van der Waals surface area (Å²) in [5.41, 5.74) is 2.80. The molecule has 1 N–H and O–H groups in total. The number of benzene rings is 1. The fourth-order valence-corrected chi connectivity index (χ4v) is 3.81. The molecule has 0 saturated carbocycles. The van der Waals surface area contributed by atoms with Crippen LogP contribution in [0.3, 0.4) is 0 Å². The molecule has 0 aliphatic rings. The standard InChI is InChI=1S/C18H17ClN6S/c1-10(20-15-8-9-16-23-22-12(3)25(16)24-15)18-21-17(11(2)26-18)13-4-6-14(19)7-5-13/h4-10H,1-3H3,(H,20,24). The predicted molar refractivity (Wildman–Crippen MR) is 105 cm³/mol. The molecule has 0 aliphatic heterocycles. The van der Waals surface area contributed by atoms with Crippen LogP contribution in [0, 0.1) is 13.8 Å². The molecule has 3 heterocycles. The second kappa shape index (κ2) is 6.66. The zero-order valence-corrected chi connectivity index (χ0v) is 16.1. The summed E-state index contributed by atoms with van der Waals surface area (Å²) in [6.45, 7) is 6.04. The lowest BCUT2D eigenvalue weighted by Crippen LogP contribution is -2.09. The third-order valence-corrected chi connectivity index (χ3v) is 5.49. The zero-order valence-electron chi connectivity index (χ0n) is 14.6. The van der Waals surface area contributed by atoms with Crippen molar-refractivity contribution in [3.8, 4) is 11.3 Å². The number of hydrogen-bond acceptors (Lipinski definition) is 6. The van der Waals surface area contributed by atoms with Gasteiger partial charge in [-0.25, -0.2) is 4.98 Å². The number of fused-ring (bicyclic) bond motifs is 1. The van der Waals surface area contributed by atoms with Crippen LogP contribution in [0.5, 0.6) is 0 Å². The summed E-state index contributed by atoms with van der Waals surface area (Å²) < 4.78 is 1.72. The minimum Gasteiger partial charge on any atom is -0.360 e. The Balaban J connectivity index is 1.59. The lowest BCUT2D eigenvalue weighted by molar-refractivity contribution is 0.823. The van der Waals surface area contributed by atoms with Crippen LogP contribution in [0.15, 0.2) is 36.4 Å². The van der Waals surface area contributed by atoms with E-state index < -0.39 is 0 Å². The summed E-state index contributed by atoms with van der Waals surface area (Å²) in [6, 6.07) is 11.6. The number of rotatable bonds is 4. The summed E-state index contributed by atoms with van der Waals surface area (Å²) in [6.07, 6.45) is 0. The Morgan fingerprint density at radius 3 is 2.62 bits per heavy atom. The van der Waals surface area contributed by atoms with Crippen LogP contribution in [-0.2, 0) is 0 Å². The molecule has 0 fully saturated rings. The molecular weight excluding hydrogens is 368 g/mol. The highest BCUT2D eigenvalue weighted by Crippen LogP contribution is 2.32. The van der Waals surface area contributed by atoms with Gasteiger partial charge in [-0.15, -0.1) is 26.6 Å². The van der Waals surface area contributed by atoms with Crippen LogP contribution >= 0.6 is 22.9 Å². The Hall–Kier alpha value is -2.51. The van der Waals surface area contributed by atoms with Crippen molar-refractivity contribution in [1.82, 2.24) is 24.8 Å². The van der Waals surface area contributed by atoms with Crippen molar-refractivity contribution in [3.63, 3.8) is 0 Å². The maximum absolute atomic E-state index is 5.98. The van der Waals surface area contributed by atoms with Crippen molar-refractivity contribution in [1.29, 1.82) is 0 Å². The molecule has 8 heteroatoms. The maximum atomic E-state index is 5.98. The molecule has 0 bridgehead atoms. The number of thiazole rings is 1. The normalized spacial score (nSPS) is 12.5. The number of nitrogens with zero attached hydrogens (tertiary/aromatic N) is 5. The van der Waals surface area contributed by atoms with Crippen LogP contribution in [0.25, 0.3) is 16.9 Å². The SMILES string of the molecule is Cc1sc(C(C)Nc2ccc3nnc(C)n3n2)nc1-c1ccc(Cl)cc1. The quantitative estimate of drug-likeness (QED) is 0.552. The fraction of sp³-hybridized carbons (Fsp3) is 0.222. The van der Waals surface area contributed by atoms with E-state index in [4.69, 9.17) is 16.6 Å². The highest BCUT2D eigenvalue weighted by molar-refractivity contribution is 7.12. The molecule has 4 rings (SSSR count). The van der Waals surface area contributed by atoms with Gasteiger partial charge in [-0.05, 0) is 45.0 Å². The number of nitrogens with one attached hydrogen (secondary N) is 1. The van der Waals surface area contributed by atoms with Crippen molar-refractivity contribution in [3.05, 3.63) is 57.1 Å². The highest BCUT2D eigenvalue weighted by Gasteiger charge is 2.16. The minimum absolute atomic E-state index is 0.0292. The first kappa shape index (κ1) is 16.9. The van der Waals surface area contributed by atoms with Gasteiger partial charge in [-0.2, -0.15) is 4.52 Å². The van der Waals surface area contributed by atoms with E-state index in [0.29, 0.717) is 0 Å². The third-order valence-electron chi connectivity index (χ3n) is 4.08. The van der Waals surface area contributed by atoms with Gasteiger partial charge < -0.3 is 5.32 Å². The van der Waals surface area contributed by atoms with Crippen LogP contribution < -0.4 is 5.32 Å². The van der Waals surface area contributed by atoms with Gasteiger partial charge in [0.05, 0.1) is 11.7 Å². The average Bonchev–Trinajstić information content (AvgIpc) is 3.19. The number of hydrogen-bond donors (Lipinski definition) is 1. The molecule has 0 amide bonds. The molecule has 1 atom stereocenters. The fourth-order valence-electron chi connectivity index (χ4n) is 2.73. The van der Waals surface area contributed by atoms with Gasteiger partial charge in [0.25, 0.3) is 0 Å². The molecule has 0 spiro atoms. The molecule has 3 aromatic heterocycles. The second-order valence-corrected chi connectivity index (χ2v) is 7.74. The van der Waals surface area contributed by atoms with Crippen molar-refractivity contribution in [2.24, 2.45) is 0 Å². The van der Waals surface area contributed by atoms with E-state index >= 15 is 0 Å². The summed E-state index contributed by atoms with van der Waals surface area (Å²) in [5.74, 6) is 1.51. The first-order valence-corrected chi connectivity index (χ1v) is 9.39. The van der Waals surface area contributed by atoms with Gasteiger partial charge in [0.2, 0.25) is 0 Å². The topological polar surface area (TPSA) is 68.0 Å². The average molecular weight is 385 g/mol. The second-order valence-electron chi connectivity index (χ2n) is 6.07. The molecule has 6 nitrogen and oxygen atoms in total. The van der Waals surface area contributed by atoms with Gasteiger partial charge in [0.15, 0.2) is 11.5 Å². The molecule has 0 radical (unpaired) electrons. The highest BCUT2D eigenvalue weighted by atomic mass is 35.5. The maximum Gasteiger partial charge on any atom is 0.178 e. The molecule has 1 unspecified atom stereocenters. The Bertz CT molecular complexity index is 1070. The van der Waals surface area contributed by atoms with Gasteiger partial charge >= 0.3 is 0 Å². The molecule has 26 heavy (non-hydrogen) atoms. The number of halogens is 1. The number of anilines is 1. The Labute approximate surface area is 159 Å². The number of aromatic nitrogens is 5. The van der Waals surface area contributed by atoms with E-state index in [-0.39, 0.29) is 6.04 Å². The van der Waals surface area contributed by atoms with E-state index in [1.807, 2.05) is 43.3 Å². The van der Waals surface area contributed by atoms with Crippen molar-refractivity contribution < 1.29 is 0 Å². The molecule has 1 aromatic carbocycles. The Morgan fingerprint density at radius 2 is 1.85 bits per heavy atom. The predicted octanol–water partition coefficient (Wildman–Crippen LogP) is 4.69. The molecule has 132 valence electrons. The molecule has 4 aromatic rings. The smallest absolute Gasteiger partial charge is 0.178 e. The summed E-state index contributed by atoms with van der Waals surface area (Å²) >= 11 is 7.67. The lowest BCUT2D eigenvalue weighted by atomic mass is 10.1. The first-order valence-electron chi connectivity index (χ1n) is 8.20. The minimum atomic E-state index is 0.0292. The van der Waals surface area contributed by atoms with E-state index in [1.54, 1.807) is 15.9 Å². The van der Waals surface area contributed by atoms with Crippen LogP contribution in [0.4, 0.5) is 5.82 Å². The zero-order chi connectivity index (χ0) is 18.3. The van der Waals surface area contributed by atoms with E-state index in [1.165, 1.54) is 4.88 Å². The van der Waals surface area contributed by atoms with Crippen LogP contribution in [0.1, 0.15) is 28.7 Å². The Morgan fingerprint density at radius 1 is 1.08 bits per heavy atom. The largest absolute Gasteiger partial charge is 0.360 e.